The maximum absolute atomic E-state index is 12.9. The van der Waals surface area contributed by atoms with E-state index in [1.54, 1.807) is 0 Å². The highest BCUT2D eigenvalue weighted by atomic mass is 16.2. The Bertz CT molecular complexity index is 722. The van der Waals surface area contributed by atoms with Crippen molar-refractivity contribution < 1.29 is 9.59 Å². The van der Waals surface area contributed by atoms with Gasteiger partial charge in [-0.05, 0) is 31.7 Å². The number of nitrogens with one attached hydrogen (secondary N) is 1. The third-order valence-electron chi connectivity index (χ3n) is 5.37. The molecule has 1 aromatic carbocycles. The molecule has 1 saturated heterocycles. The minimum atomic E-state index is 0.0231. The number of Topliss-reactive ketones (excluding diaryl/α,β-unsaturated/α-hetero) is 1. The SMILES string of the molecule is CCC(CC)C(=O)N1CCC(C(=O)c2c[nH]c3ccccc23)CC1. The van der Waals surface area contributed by atoms with E-state index in [4.69, 9.17) is 0 Å². The molecule has 4 heteroatoms. The highest BCUT2D eigenvalue weighted by Gasteiger charge is 2.30. The van der Waals surface area contributed by atoms with Gasteiger partial charge in [-0.1, -0.05) is 32.0 Å². The molecule has 1 amide bonds. The first-order valence-corrected chi connectivity index (χ1v) is 9.04. The number of carbonyl (C=O) groups excluding carboxylic acids is 2. The van der Waals surface area contributed by atoms with Gasteiger partial charge in [-0.3, -0.25) is 9.59 Å². The molecule has 0 bridgehead atoms. The number of aromatic nitrogens is 1. The summed E-state index contributed by atoms with van der Waals surface area (Å²) in [5, 5.41) is 0.998. The van der Waals surface area contributed by atoms with Crippen LogP contribution in [0.3, 0.4) is 0 Å². The molecule has 1 fully saturated rings. The van der Waals surface area contributed by atoms with Gasteiger partial charge in [-0.15, -0.1) is 0 Å². The summed E-state index contributed by atoms with van der Waals surface area (Å²) in [6, 6.07) is 7.91. The predicted octanol–water partition coefficient (Wildman–Crippen LogP) is 4.03. The number of aromatic amines is 1. The summed E-state index contributed by atoms with van der Waals surface area (Å²) in [6.07, 6.45) is 5.15. The molecular formula is C20H26N2O2. The van der Waals surface area contributed by atoms with Crippen LogP contribution in [-0.2, 0) is 4.79 Å². The maximum atomic E-state index is 12.9. The van der Waals surface area contributed by atoms with E-state index in [9.17, 15) is 9.59 Å². The largest absolute Gasteiger partial charge is 0.360 e. The van der Waals surface area contributed by atoms with Crippen LogP contribution in [0.4, 0.5) is 0 Å². The van der Waals surface area contributed by atoms with Gasteiger partial charge in [-0.2, -0.15) is 0 Å². The van der Waals surface area contributed by atoms with Crippen molar-refractivity contribution in [1.29, 1.82) is 0 Å². The van der Waals surface area contributed by atoms with Crippen molar-refractivity contribution in [2.75, 3.05) is 13.1 Å². The first-order valence-electron chi connectivity index (χ1n) is 9.04. The molecule has 0 spiro atoms. The molecule has 2 aromatic rings. The third-order valence-corrected chi connectivity index (χ3v) is 5.37. The summed E-state index contributed by atoms with van der Waals surface area (Å²) in [6.45, 7) is 5.54. The lowest BCUT2D eigenvalue weighted by atomic mass is 9.88. The van der Waals surface area contributed by atoms with Gasteiger partial charge in [-0.25, -0.2) is 0 Å². The number of benzene rings is 1. The number of para-hydroxylation sites is 1. The monoisotopic (exact) mass is 326 g/mol. The van der Waals surface area contributed by atoms with Crippen molar-refractivity contribution in [3.63, 3.8) is 0 Å². The average Bonchev–Trinajstić information content (AvgIpc) is 3.06. The van der Waals surface area contributed by atoms with E-state index in [-0.39, 0.29) is 23.5 Å². The van der Waals surface area contributed by atoms with E-state index in [0.29, 0.717) is 13.1 Å². The Morgan fingerprint density at radius 1 is 1.17 bits per heavy atom. The van der Waals surface area contributed by atoms with Crippen LogP contribution in [0.1, 0.15) is 49.9 Å². The quantitative estimate of drug-likeness (QED) is 0.844. The van der Waals surface area contributed by atoms with Crippen molar-refractivity contribution in [3.05, 3.63) is 36.0 Å². The lowest BCUT2D eigenvalue weighted by molar-refractivity contribution is -0.137. The summed E-state index contributed by atoms with van der Waals surface area (Å²) in [5.41, 5.74) is 1.79. The molecule has 24 heavy (non-hydrogen) atoms. The molecule has 128 valence electrons. The topological polar surface area (TPSA) is 53.2 Å². The van der Waals surface area contributed by atoms with E-state index in [1.807, 2.05) is 35.4 Å². The number of hydrogen-bond acceptors (Lipinski definition) is 2. The fourth-order valence-corrected chi connectivity index (χ4v) is 3.75. The summed E-state index contributed by atoms with van der Waals surface area (Å²) in [5.74, 6) is 0.626. The maximum Gasteiger partial charge on any atom is 0.225 e. The lowest BCUT2D eigenvalue weighted by Gasteiger charge is -2.33. The van der Waals surface area contributed by atoms with Crippen molar-refractivity contribution in [2.24, 2.45) is 11.8 Å². The van der Waals surface area contributed by atoms with Crippen molar-refractivity contribution in [3.8, 4) is 0 Å². The molecule has 4 nitrogen and oxygen atoms in total. The van der Waals surface area contributed by atoms with Crippen LogP contribution in [0, 0.1) is 11.8 Å². The summed E-state index contributed by atoms with van der Waals surface area (Å²) in [7, 11) is 0. The molecule has 3 rings (SSSR count). The van der Waals surface area contributed by atoms with E-state index >= 15 is 0 Å². The molecule has 1 aliphatic rings. The second-order valence-electron chi connectivity index (χ2n) is 6.73. The number of likely N-dealkylation sites (tertiary alicyclic amines) is 1. The fraction of sp³-hybridized carbons (Fsp3) is 0.500. The van der Waals surface area contributed by atoms with Crippen LogP contribution < -0.4 is 0 Å². The van der Waals surface area contributed by atoms with Gasteiger partial charge in [0.05, 0.1) is 0 Å². The van der Waals surface area contributed by atoms with Crippen LogP contribution in [-0.4, -0.2) is 34.7 Å². The normalized spacial score (nSPS) is 16.0. The van der Waals surface area contributed by atoms with Crippen LogP contribution >= 0.6 is 0 Å². The van der Waals surface area contributed by atoms with E-state index in [2.05, 4.69) is 18.8 Å². The van der Waals surface area contributed by atoms with Crippen LogP contribution in [0.2, 0.25) is 0 Å². The van der Waals surface area contributed by atoms with Gasteiger partial charge >= 0.3 is 0 Å². The molecule has 0 atom stereocenters. The zero-order chi connectivity index (χ0) is 17.1. The summed E-state index contributed by atoms with van der Waals surface area (Å²) < 4.78 is 0. The van der Waals surface area contributed by atoms with Crippen molar-refractivity contribution in [2.45, 2.75) is 39.5 Å². The van der Waals surface area contributed by atoms with E-state index < -0.39 is 0 Å². The van der Waals surface area contributed by atoms with Crippen LogP contribution in [0.5, 0.6) is 0 Å². The standard InChI is InChI=1S/C20H26N2O2/c1-3-14(4-2)20(24)22-11-9-15(10-12-22)19(23)17-13-21-18-8-6-5-7-16(17)18/h5-8,13-15,21H,3-4,9-12H2,1-2H3. The number of rotatable bonds is 5. The van der Waals surface area contributed by atoms with Gasteiger partial charge in [0.1, 0.15) is 0 Å². The molecule has 0 unspecified atom stereocenters. The Morgan fingerprint density at radius 3 is 2.50 bits per heavy atom. The zero-order valence-corrected chi connectivity index (χ0v) is 14.5. The molecule has 2 heterocycles. The smallest absolute Gasteiger partial charge is 0.225 e. The Morgan fingerprint density at radius 2 is 1.83 bits per heavy atom. The molecule has 0 saturated carbocycles. The van der Waals surface area contributed by atoms with Crippen molar-refractivity contribution in [1.82, 2.24) is 9.88 Å². The highest BCUT2D eigenvalue weighted by molar-refractivity contribution is 6.08. The van der Waals surface area contributed by atoms with Gasteiger partial charge in [0.2, 0.25) is 5.91 Å². The third kappa shape index (κ3) is 3.10. The number of nitrogens with zero attached hydrogens (tertiary/aromatic N) is 1. The molecule has 1 aromatic heterocycles. The van der Waals surface area contributed by atoms with Gasteiger partial charge in [0.15, 0.2) is 5.78 Å². The first-order chi connectivity index (χ1) is 11.7. The molecule has 1 aliphatic heterocycles. The Balaban J connectivity index is 1.66. The fourth-order valence-electron chi connectivity index (χ4n) is 3.75. The molecular weight excluding hydrogens is 300 g/mol. The van der Waals surface area contributed by atoms with Crippen LogP contribution in [0.25, 0.3) is 10.9 Å². The van der Waals surface area contributed by atoms with E-state index in [1.165, 1.54) is 0 Å². The second kappa shape index (κ2) is 7.20. The van der Waals surface area contributed by atoms with Crippen LogP contribution in [0.15, 0.2) is 30.5 Å². The van der Waals surface area contributed by atoms with Crippen molar-refractivity contribution >= 4 is 22.6 Å². The number of amides is 1. The number of piperidine rings is 1. The summed E-state index contributed by atoms with van der Waals surface area (Å²) >= 11 is 0. The Hall–Kier alpha value is -2.10. The zero-order valence-electron chi connectivity index (χ0n) is 14.5. The Labute approximate surface area is 143 Å². The second-order valence-corrected chi connectivity index (χ2v) is 6.73. The minimum Gasteiger partial charge on any atom is -0.360 e. The predicted molar refractivity (Wildman–Crippen MR) is 96.0 cm³/mol. The minimum absolute atomic E-state index is 0.0231. The number of hydrogen-bond donors (Lipinski definition) is 1. The number of H-pyrrole nitrogens is 1. The number of carbonyl (C=O) groups is 2. The average molecular weight is 326 g/mol. The first kappa shape index (κ1) is 16.7. The Kier molecular flexibility index (Phi) is 5.03. The number of ketones is 1. The van der Waals surface area contributed by atoms with Gasteiger partial charge < -0.3 is 9.88 Å². The van der Waals surface area contributed by atoms with Gasteiger partial charge in [0.25, 0.3) is 0 Å². The summed E-state index contributed by atoms with van der Waals surface area (Å²) in [4.78, 5) is 30.5. The number of fused-ring (bicyclic) bond motifs is 1. The highest BCUT2D eigenvalue weighted by Crippen LogP contribution is 2.27. The molecule has 0 aliphatic carbocycles. The van der Waals surface area contributed by atoms with E-state index in [0.717, 1.165) is 42.1 Å². The molecule has 0 radical (unpaired) electrons. The molecule has 1 N–H and O–H groups in total. The van der Waals surface area contributed by atoms with Gasteiger partial charge in [0, 0.05) is 47.6 Å². The lowest BCUT2D eigenvalue weighted by Crippen LogP contribution is -2.43.